The average Bonchev–Trinajstić information content (AvgIpc) is 3.16. The Morgan fingerprint density at radius 3 is 2.71 bits per heavy atom. The molecule has 2 saturated carbocycles. The summed E-state index contributed by atoms with van der Waals surface area (Å²) in [4.78, 5) is 10.6. The number of hydrogen-bond acceptors (Lipinski definition) is 3. The summed E-state index contributed by atoms with van der Waals surface area (Å²) in [5, 5.41) is 29.7. The van der Waals surface area contributed by atoms with Crippen LogP contribution >= 0.6 is 0 Å². The Morgan fingerprint density at radius 1 is 1.25 bits per heavy atom. The van der Waals surface area contributed by atoms with Crippen molar-refractivity contribution in [1.82, 2.24) is 0 Å². The summed E-state index contributed by atoms with van der Waals surface area (Å²) in [7, 11) is 0. The second-order valence-electron chi connectivity index (χ2n) is 8.97. The zero-order chi connectivity index (χ0) is 20.5. The molecule has 0 bridgehead atoms. The Labute approximate surface area is 170 Å². The molecule has 2 aliphatic carbocycles. The van der Waals surface area contributed by atoms with E-state index in [0.717, 1.165) is 38.5 Å². The van der Waals surface area contributed by atoms with E-state index in [2.05, 4.69) is 26.0 Å². The van der Waals surface area contributed by atoms with Gasteiger partial charge < -0.3 is 15.3 Å². The van der Waals surface area contributed by atoms with E-state index in [-0.39, 0.29) is 18.4 Å². The number of hydrogen-bond donors (Lipinski definition) is 3. The van der Waals surface area contributed by atoms with Crippen molar-refractivity contribution in [3.05, 3.63) is 23.8 Å². The molecule has 2 aliphatic rings. The molecule has 0 heterocycles. The van der Waals surface area contributed by atoms with Crippen LogP contribution in [0, 0.1) is 23.7 Å². The number of aliphatic hydroxyl groups excluding tert-OH is 2. The lowest BCUT2D eigenvalue weighted by Gasteiger charge is -2.19. The van der Waals surface area contributed by atoms with E-state index in [1.165, 1.54) is 24.8 Å². The maximum Gasteiger partial charge on any atom is 0.303 e. The van der Waals surface area contributed by atoms with Crippen LogP contribution in [-0.2, 0) is 4.79 Å². The fraction of sp³-hybridized carbons (Fsp3) is 0.792. The van der Waals surface area contributed by atoms with E-state index in [4.69, 9.17) is 5.11 Å². The average molecular weight is 393 g/mol. The van der Waals surface area contributed by atoms with Gasteiger partial charge in [-0.1, -0.05) is 63.3 Å². The third-order valence-electron chi connectivity index (χ3n) is 6.81. The summed E-state index contributed by atoms with van der Waals surface area (Å²) in [6.45, 7) is 4.41. The molecular weight excluding hydrogens is 352 g/mol. The molecule has 0 aromatic rings. The first kappa shape index (κ1) is 23.2. The summed E-state index contributed by atoms with van der Waals surface area (Å²) in [6, 6.07) is 0. The van der Waals surface area contributed by atoms with Gasteiger partial charge in [0.15, 0.2) is 0 Å². The van der Waals surface area contributed by atoms with E-state index >= 15 is 0 Å². The standard InChI is InChI=1S/C24H40O4/c1-3-5-8-17(4-2)14-20(25)11-12-21-22-15-18(9-6-7-10-24(27)28)13-19(22)16-23(21)26/h9,11-12,17,19-23,25-26H,3-8,10,13-16H2,1-2H3,(H,27,28)/t17?,19-,20+,21-,22+,23-/m1/s1. The van der Waals surface area contributed by atoms with Gasteiger partial charge in [-0.2, -0.15) is 0 Å². The van der Waals surface area contributed by atoms with Crippen molar-refractivity contribution in [2.75, 3.05) is 0 Å². The van der Waals surface area contributed by atoms with Crippen LogP contribution in [-0.4, -0.2) is 33.5 Å². The Morgan fingerprint density at radius 2 is 2.04 bits per heavy atom. The van der Waals surface area contributed by atoms with Crippen LogP contribution in [0.5, 0.6) is 0 Å². The second kappa shape index (κ2) is 11.8. The SMILES string of the molecule is CCCCC(CC)C[C@@H](O)C=C[C@@H]1[C@H]2CC(=CCCCC(=O)O)C[C@@H]2C[C@H]1O. The lowest BCUT2D eigenvalue weighted by atomic mass is 9.89. The number of aliphatic hydroxyl groups is 2. The van der Waals surface area contributed by atoms with Crippen molar-refractivity contribution < 1.29 is 20.1 Å². The number of aliphatic carboxylic acids is 1. The van der Waals surface area contributed by atoms with Crippen LogP contribution in [0.4, 0.5) is 0 Å². The molecule has 4 nitrogen and oxygen atoms in total. The molecule has 6 atom stereocenters. The van der Waals surface area contributed by atoms with Crippen molar-refractivity contribution in [3.8, 4) is 0 Å². The van der Waals surface area contributed by atoms with Gasteiger partial charge in [0.25, 0.3) is 0 Å². The third-order valence-corrected chi connectivity index (χ3v) is 6.81. The quantitative estimate of drug-likeness (QED) is 0.319. The van der Waals surface area contributed by atoms with Gasteiger partial charge in [-0.25, -0.2) is 0 Å². The van der Waals surface area contributed by atoms with Gasteiger partial charge in [0, 0.05) is 12.3 Å². The highest BCUT2D eigenvalue weighted by molar-refractivity contribution is 5.66. The molecule has 3 N–H and O–H groups in total. The van der Waals surface area contributed by atoms with Crippen LogP contribution in [0.25, 0.3) is 0 Å². The molecular formula is C24H40O4. The van der Waals surface area contributed by atoms with Crippen molar-refractivity contribution in [2.45, 2.75) is 96.7 Å². The number of unbranched alkanes of at least 4 members (excludes halogenated alkanes) is 2. The normalized spacial score (nSPS) is 30.8. The predicted octanol–water partition coefficient (Wildman–Crippen LogP) is 5.10. The summed E-state index contributed by atoms with van der Waals surface area (Å²) < 4.78 is 0. The van der Waals surface area contributed by atoms with Crippen LogP contribution in [0.2, 0.25) is 0 Å². The number of carboxylic acids is 1. The molecule has 0 radical (unpaired) electrons. The highest BCUT2D eigenvalue weighted by Crippen LogP contribution is 2.50. The smallest absolute Gasteiger partial charge is 0.303 e. The number of carbonyl (C=O) groups is 1. The zero-order valence-electron chi connectivity index (χ0n) is 17.7. The van der Waals surface area contributed by atoms with Crippen LogP contribution in [0.1, 0.15) is 84.5 Å². The maximum atomic E-state index is 10.6. The second-order valence-corrected chi connectivity index (χ2v) is 8.97. The molecule has 0 aromatic carbocycles. The van der Waals surface area contributed by atoms with Gasteiger partial charge in [0.1, 0.15) is 0 Å². The Bertz CT molecular complexity index is 539. The van der Waals surface area contributed by atoms with Gasteiger partial charge in [-0.05, 0) is 56.3 Å². The fourth-order valence-electron chi connectivity index (χ4n) is 5.16. The number of rotatable bonds is 12. The lowest BCUT2D eigenvalue weighted by molar-refractivity contribution is -0.137. The van der Waals surface area contributed by atoms with E-state index in [9.17, 15) is 15.0 Å². The van der Waals surface area contributed by atoms with E-state index in [0.29, 0.717) is 24.2 Å². The molecule has 2 fully saturated rings. The summed E-state index contributed by atoms with van der Waals surface area (Å²) in [6.07, 6.45) is 15.7. The zero-order valence-corrected chi connectivity index (χ0v) is 17.7. The first-order chi connectivity index (χ1) is 13.4. The molecule has 28 heavy (non-hydrogen) atoms. The molecule has 0 amide bonds. The number of fused-ring (bicyclic) bond motifs is 1. The van der Waals surface area contributed by atoms with Gasteiger partial charge in [0.2, 0.25) is 0 Å². The van der Waals surface area contributed by atoms with Crippen LogP contribution in [0.15, 0.2) is 23.8 Å². The lowest BCUT2D eigenvalue weighted by Crippen LogP contribution is -2.18. The maximum absolute atomic E-state index is 10.6. The Balaban J connectivity index is 1.85. The van der Waals surface area contributed by atoms with Crippen LogP contribution in [0.3, 0.4) is 0 Å². The summed E-state index contributed by atoms with van der Waals surface area (Å²) in [5.41, 5.74) is 1.43. The molecule has 0 aromatic heterocycles. The fourth-order valence-corrected chi connectivity index (χ4v) is 5.16. The molecule has 0 aliphatic heterocycles. The highest BCUT2D eigenvalue weighted by atomic mass is 16.4. The van der Waals surface area contributed by atoms with Gasteiger partial charge in [-0.15, -0.1) is 0 Å². The van der Waals surface area contributed by atoms with Gasteiger partial charge >= 0.3 is 5.97 Å². The minimum atomic E-state index is -0.728. The van der Waals surface area contributed by atoms with Crippen LogP contribution < -0.4 is 0 Å². The molecule has 2 rings (SSSR count). The van der Waals surface area contributed by atoms with E-state index < -0.39 is 12.1 Å². The summed E-state index contributed by atoms with van der Waals surface area (Å²) in [5.74, 6) is 0.980. The van der Waals surface area contributed by atoms with E-state index in [1.54, 1.807) is 0 Å². The largest absolute Gasteiger partial charge is 0.481 e. The molecule has 1 unspecified atom stereocenters. The topological polar surface area (TPSA) is 77.8 Å². The molecule has 0 saturated heterocycles. The van der Waals surface area contributed by atoms with E-state index in [1.807, 2.05) is 6.08 Å². The van der Waals surface area contributed by atoms with Crippen molar-refractivity contribution in [2.24, 2.45) is 23.7 Å². The summed E-state index contributed by atoms with van der Waals surface area (Å²) >= 11 is 0. The Hall–Kier alpha value is -1.13. The monoisotopic (exact) mass is 392 g/mol. The van der Waals surface area contributed by atoms with Crippen molar-refractivity contribution in [3.63, 3.8) is 0 Å². The Kier molecular flexibility index (Phi) is 9.73. The predicted molar refractivity (Wildman–Crippen MR) is 113 cm³/mol. The van der Waals surface area contributed by atoms with Crippen molar-refractivity contribution in [1.29, 1.82) is 0 Å². The van der Waals surface area contributed by atoms with Gasteiger partial charge in [0.05, 0.1) is 12.2 Å². The van der Waals surface area contributed by atoms with Crippen molar-refractivity contribution >= 4 is 5.97 Å². The number of carboxylic acid groups (broad SMARTS) is 1. The first-order valence-electron chi connectivity index (χ1n) is 11.4. The minimum absolute atomic E-state index is 0.139. The van der Waals surface area contributed by atoms with Gasteiger partial charge in [-0.3, -0.25) is 4.79 Å². The molecule has 0 spiro atoms. The third kappa shape index (κ3) is 7.04. The molecule has 4 heteroatoms. The number of allylic oxidation sites excluding steroid dienone is 2. The highest BCUT2D eigenvalue weighted by Gasteiger charge is 2.44. The first-order valence-corrected chi connectivity index (χ1v) is 11.4. The minimum Gasteiger partial charge on any atom is -0.481 e. The molecule has 160 valence electrons.